The zero-order valence-electron chi connectivity index (χ0n) is 10.5. The number of nitrogens with zero attached hydrogens (tertiary/aromatic N) is 2. The van der Waals surface area contributed by atoms with Crippen LogP contribution in [0.3, 0.4) is 0 Å². The van der Waals surface area contributed by atoms with Crippen molar-refractivity contribution in [3.05, 3.63) is 23.0 Å². The van der Waals surface area contributed by atoms with Crippen LogP contribution in [-0.2, 0) is 0 Å². The summed E-state index contributed by atoms with van der Waals surface area (Å²) in [7, 11) is 0. The molecule has 3 heteroatoms. The summed E-state index contributed by atoms with van der Waals surface area (Å²) in [6.07, 6.45) is 5.40. The lowest BCUT2D eigenvalue weighted by Gasteiger charge is -2.25. The van der Waals surface area contributed by atoms with E-state index in [1.165, 1.54) is 12.8 Å². The zero-order valence-corrected chi connectivity index (χ0v) is 11.2. The van der Waals surface area contributed by atoms with Gasteiger partial charge >= 0.3 is 0 Å². The van der Waals surface area contributed by atoms with E-state index in [-0.39, 0.29) is 0 Å². The maximum Gasteiger partial charge on any atom is 0.0851 e. The van der Waals surface area contributed by atoms with Crippen LogP contribution in [0.5, 0.6) is 0 Å². The van der Waals surface area contributed by atoms with Gasteiger partial charge < -0.3 is 4.90 Å². The quantitative estimate of drug-likeness (QED) is 0.746. The Morgan fingerprint density at radius 2 is 2.00 bits per heavy atom. The standard InChI is InChI=1S/C13H21ClN2/c1-4-6-10-16(9-5-2)12-7-8-15-11(3)13(12)14/h7-8H,4-6,9-10H2,1-3H3. The van der Waals surface area contributed by atoms with Crippen molar-refractivity contribution in [3.63, 3.8) is 0 Å². The predicted octanol–water partition coefficient (Wildman–Crippen LogP) is 4.06. The molecule has 0 radical (unpaired) electrons. The molecular weight excluding hydrogens is 220 g/mol. The monoisotopic (exact) mass is 240 g/mol. The van der Waals surface area contributed by atoms with E-state index >= 15 is 0 Å². The van der Waals surface area contributed by atoms with Crippen molar-refractivity contribution in [2.75, 3.05) is 18.0 Å². The largest absolute Gasteiger partial charge is 0.370 e. The Kier molecular flexibility index (Phi) is 5.61. The Morgan fingerprint density at radius 1 is 1.25 bits per heavy atom. The van der Waals surface area contributed by atoms with Gasteiger partial charge in [-0.15, -0.1) is 0 Å². The van der Waals surface area contributed by atoms with Crippen LogP contribution in [0, 0.1) is 6.92 Å². The maximum absolute atomic E-state index is 6.30. The maximum atomic E-state index is 6.30. The van der Waals surface area contributed by atoms with Gasteiger partial charge in [0.2, 0.25) is 0 Å². The molecule has 1 heterocycles. The third-order valence-electron chi connectivity index (χ3n) is 2.66. The molecule has 0 aliphatic heterocycles. The van der Waals surface area contributed by atoms with E-state index in [1.807, 2.05) is 19.2 Å². The molecule has 90 valence electrons. The predicted molar refractivity (Wildman–Crippen MR) is 71.4 cm³/mol. The number of aromatic nitrogens is 1. The Bertz CT molecular complexity index is 326. The van der Waals surface area contributed by atoms with Crippen LogP contribution in [0.15, 0.2) is 12.3 Å². The number of rotatable bonds is 6. The molecule has 0 spiro atoms. The Hall–Kier alpha value is -0.760. The molecule has 0 saturated heterocycles. The highest BCUT2D eigenvalue weighted by Gasteiger charge is 2.10. The SMILES string of the molecule is CCCCN(CCC)c1ccnc(C)c1Cl. The van der Waals surface area contributed by atoms with E-state index in [9.17, 15) is 0 Å². The lowest BCUT2D eigenvalue weighted by molar-refractivity contribution is 0.703. The molecule has 0 N–H and O–H groups in total. The molecule has 1 aromatic heterocycles. The van der Waals surface area contributed by atoms with Gasteiger partial charge in [0.15, 0.2) is 0 Å². The van der Waals surface area contributed by atoms with Gasteiger partial charge in [-0.1, -0.05) is 31.9 Å². The van der Waals surface area contributed by atoms with Gasteiger partial charge in [-0.25, -0.2) is 0 Å². The Labute approximate surface area is 104 Å². The van der Waals surface area contributed by atoms with Crippen molar-refractivity contribution in [2.24, 2.45) is 0 Å². The molecule has 0 atom stereocenters. The smallest absolute Gasteiger partial charge is 0.0851 e. The fraction of sp³-hybridized carbons (Fsp3) is 0.615. The van der Waals surface area contributed by atoms with E-state index in [2.05, 4.69) is 23.7 Å². The van der Waals surface area contributed by atoms with Gasteiger partial charge in [0.05, 0.1) is 16.4 Å². The lowest BCUT2D eigenvalue weighted by Crippen LogP contribution is -2.25. The molecule has 16 heavy (non-hydrogen) atoms. The summed E-state index contributed by atoms with van der Waals surface area (Å²) in [5.41, 5.74) is 2.04. The number of pyridine rings is 1. The second-order valence-electron chi connectivity index (χ2n) is 4.07. The van der Waals surface area contributed by atoms with Crippen LogP contribution in [0.25, 0.3) is 0 Å². The molecule has 0 bridgehead atoms. The van der Waals surface area contributed by atoms with E-state index in [0.717, 1.165) is 35.9 Å². The van der Waals surface area contributed by atoms with Crippen LogP contribution >= 0.6 is 11.6 Å². The molecule has 0 unspecified atom stereocenters. The third-order valence-corrected chi connectivity index (χ3v) is 3.13. The van der Waals surface area contributed by atoms with E-state index in [4.69, 9.17) is 11.6 Å². The number of hydrogen-bond acceptors (Lipinski definition) is 2. The number of anilines is 1. The van der Waals surface area contributed by atoms with Crippen LogP contribution in [0.4, 0.5) is 5.69 Å². The van der Waals surface area contributed by atoms with E-state index in [0.29, 0.717) is 0 Å². The van der Waals surface area contributed by atoms with Crippen molar-refractivity contribution in [1.29, 1.82) is 0 Å². The molecule has 0 fully saturated rings. The first-order valence-electron chi connectivity index (χ1n) is 6.06. The minimum absolute atomic E-state index is 0.798. The van der Waals surface area contributed by atoms with Crippen molar-refractivity contribution in [3.8, 4) is 0 Å². The van der Waals surface area contributed by atoms with E-state index < -0.39 is 0 Å². The average molecular weight is 241 g/mol. The molecule has 0 amide bonds. The highest BCUT2D eigenvalue weighted by molar-refractivity contribution is 6.33. The fourth-order valence-electron chi connectivity index (χ4n) is 1.75. The van der Waals surface area contributed by atoms with Crippen LogP contribution in [0.1, 0.15) is 38.8 Å². The minimum atomic E-state index is 0.798. The van der Waals surface area contributed by atoms with Crippen molar-refractivity contribution in [1.82, 2.24) is 4.98 Å². The average Bonchev–Trinajstić information content (AvgIpc) is 2.28. The summed E-state index contributed by atoms with van der Waals surface area (Å²) < 4.78 is 0. The third kappa shape index (κ3) is 3.38. The van der Waals surface area contributed by atoms with Gasteiger partial charge in [0.1, 0.15) is 0 Å². The molecule has 1 aromatic rings. The van der Waals surface area contributed by atoms with Gasteiger partial charge in [-0.3, -0.25) is 4.98 Å². The molecule has 0 saturated carbocycles. The highest BCUT2D eigenvalue weighted by atomic mass is 35.5. The first kappa shape index (κ1) is 13.3. The number of hydrogen-bond donors (Lipinski definition) is 0. The second-order valence-corrected chi connectivity index (χ2v) is 4.45. The summed E-state index contributed by atoms with van der Waals surface area (Å²) in [4.78, 5) is 6.57. The van der Waals surface area contributed by atoms with Crippen LogP contribution < -0.4 is 4.90 Å². The number of halogens is 1. The molecule has 0 aromatic carbocycles. The highest BCUT2D eigenvalue weighted by Crippen LogP contribution is 2.27. The summed E-state index contributed by atoms with van der Waals surface area (Å²) in [6.45, 7) is 8.50. The molecule has 0 aliphatic carbocycles. The molecule has 1 rings (SSSR count). The Morgan fingerprint density at radius 3 is 2.62 bits per heavy atom. The number of aryl methyl sites for hydroxylation is 1. The van der Waals surface area contributed by atoms with Gasteiger partial charge in [0.25, 0.3) is 0 Å². The lowest BCUT2D eigenvalue weighted by atomic mass is 10.2. The summed E-state index contributed by atoms with van der Waals surface area (Å²) in [6, 6.07) is 2.01. The molecular formula is C13H21ClN2. The fourth-order valence-corrected chi connectivity index (χ4v) is 1.98. The van der Waals surface area contributed by atoms with Crippen LogP contribution in [-0.4, -0.2) is 18.1 Å². The molecule has 2 nitrogen and oxygen atoms in total. The normalized spacial score (nSPS) is 10.5. The van der Waals surface area contributed by atoms with Crippen molar-refractivity contribution in [2.45, 2.75) is 40.0 Å². The van der Waals surface area contributed by atoms with E-state index in [1.54, 1.807) is 0 Å². The summed E-state index contributed by atoms with van der Waals surface area (Å²) in [5.74, 6) is 0. The summed E-state index contributed by atoms with van der Waals surface area (Å²) >= 11 is 6.30. The minimum Gasteiger partial charge on any atom is -0.370 e. The van der Waals surface area contributed by atoms with Crippen molar-refractivity contribution >= 4 is 17.3 Å². The van der Waals surface area contributed by atoms with Gasteiger partial charge in [-0.05, 0) is 25.8 Å². The van der Waals surface area contributed by atoms with Crippen molar-refractivity contribution < 1.29 is 0 Å². The Balaban J connectivity index is 2.86. The second kappa shape index (κ2) is 6.74. The molecule has 0 aliphatic rings. The zero-order chi connectivity index (χ0) is 12.0. The van der Waals surface area contributed by atoms with Crippen LogP contribution in [0.2, 0.25) is 5.02 Å². The summed E-state index contributed by atoms with van der Waals surface area (Å²) in [5, 5.41) is 0.798. The van der Waals surface area contributed by atoms with Gasteiger partial charge in [0, 0.05) is 19.3 Å². The number of unbranched alkanes of at least 4 members (excludes halogenated alkanes) is 1. The first-order valence-corrected chi connectivity index (χ1v) is 6.44. The topological polar surface area (TPSA) is 16.1 Å². The van der Waals surface area contributed by atoms with Gasteiger partial charge in [-0.2, -0.15) is 0 Å². The first-order chi connectivity index (χ1) is 7.70.